The standard InChI is InChI=1S/C29H34N6O5/c30-29-28(35(37)38)26(15-27(32-29)40-19-21-8-12-39-13-9-21)34(20-36)18-23-6-7-25(31-16-23)24-5-3-4-22(14-24)17-33-10-1-2-11-33/h3-7,14-16,20-21H,1-2,8-13,17-19H2,(H2,30,32). The Balaban J connectivity index is 1.31. The van der Waals surface area contributed by atoms with Crippen LogP contribution in [0.4, 0.5) is 17.2 Å². The van der Waals surface area contributed by atoms with E-state index in [2.05, 4.69) is 27.0 Å². The summed E-state index contributed by atoms with van der Waals surface area (Å²) in [6, 6.07) is 13.5. The number of hydrogen-bond donors (Lipinski definition) is 1. The van der Waals surface area contributed by atoms with Crippen molar-refractivity contribution in [2.24, 2.45) is 5.92 Å². The molecule has 1 aromatic carbocycles. The van der Waals surface area contributed by atoms with Crippen molar-refractivity contribution in [3.05, 3.63) is 69.9 Å². The minimum atomic E-state index is -0.632. The smallest absolute Gasteiger partial charge is 0.334 e. The first-order valence-electron chi connectivity index (χ1n) is 13.6. The van der Waals surface area contributed by atoms with Gasteiger partial charge in [-0.3, -0.25) is 24.8 Å². The summed E-state index contributed by atoms with van der Waals surface area (Å²) in [6.45, 7) is 4.99. The summed E-state index contributed by atoms with van der Waals surface area (Å²) in [5.74, 6) is 0.125. The first-order chi connectivity index (χ1) is 19.5. The molecule has 11 nitrogen and oxygen atoms in total. The van der Waals surface area contributed by atoms with E-state index < -0.39 is 10.6 Å². The van der Waals surface area contributed by atoms with E-state index in [0.717, 1.165) is 43.7 Å². The van der Waals surface area contributed by atoms with Crippen molar-refractivity contribution >= 4 is 23.6 Å². The largest absolute Gasteiger partial charge is 0.477 e. The number of nitrogens with zero attached hydrogens (tertiary/aromatic N) is 5. The molecule has 0 bridgehead atoms. The highest BCUT2D eigenvalue weighted by atomic mass is 16.6. The van der Waals surface area contributed by atoms with Gasteiger partial charge in [-0.2, -0.15) is 4.98 Å². The van der Waals surface area contributed by atoms with Gasteiger partial charge in [-0.05, 0) is 68.0 Å². The minimum absolute atomic E-state index is 0.0215. The van der Waals surface area contributed by atoms with Gasteiger partial charge in [-0.25, -0.2) is 0 Å². The van der Waals surface area contributed by atoms with Crippen LogP contribution in [0.1, 0.15) is 36.8 Å². The van der Waals surface area contributed by atoms with Crippen LogP contribution < -0.4 is 15.4 Å². The van der Waals surface area contributed by atoms with Crippen molar-refractivity contribution in [2.75, 3.05) is 43.5 Å². The molecule has 2 fully saturated rings. The summed E-state index contributed by atoms with van der Waals surface area (Å²) in [7, 11) is 0. The third kappa shape index (κ3) is 6.72. The molecule has 210 valence electrons. The first kappa shape index (κ1) is 27.5. The number of pyridine rings is 2. The van der Waals surface area contributed by atoms with Crippen molar-refractivity contribution < 1.29 is 19.2 Å². The van der Waals surface area contributed by atoms with Gasteiger partial charge < -0.3 is 20.1 Å². The van der Waals surface area contributed by atoms with E-state index in [4.69, 9.17) is 15.2 Å². The number of carbonyl (C=O) groups excluding carboxylic acids is 1. The Labute approximate surface area is 233 Å². The fourth-order valence-electron chi connectivity index (χ4n) is 5.21. The molecule has 0 unspecified atom stereocenters. The number of rotatable bonds is 11. The summed E-state index contributed by atoms with van der Waals surface area (Å²) < 4.78 is 11.2. The van der Waals surface area contributed by atoms with Crippen LogP contribution >= 0.6 is 0 Å². The van der Waals surface area contributed by atoms with Crippen molar-refractivity contribution in [1.29, 1.82) is 0 Å². The molecule has 1 amide bonds. The van der Waals surface area contributed by atoms with Crippen molar-refractivity contribution in [2.45, 2.75) is 38.8 Å². The molecule has 2 saturated heterocycles. The second kappa shape index (κ2) is 12.8. The SMILES string of the molecule is Nc1nc(OCC2CCOCC2)cc(N(C=O)Cc2ccc(-c3cccc(CN4CCCC4)c3)nc2)c1[N+](=O)[O-]. The highest BCUT2D eigenvalue weighted by Gasteiger charge is 2.27. The monoisotopic (exact) mass is 546 g/mol. The molecule has 40 heavy (non-hydrogen) atoms. The Morgan fingerprint density at radius 3 is 2.65 bits per heavy atom. The number of amides is 1. The minimum Gasteiger partial charge on any atom is -0.477 e. The zero-order chi connectivity index (χ0) is 27.9. The lowest BCUT2D eigenvalue weighted by Crippen LogP contribution is -2.23. The predicted molar refractivity (Wildman–Crippen MR) is 151 cm³/mol. The summed E-state index contributed by atoms with van der Waals surface area (Å²) in [4.78, 5) is 35.7. The van der Waals surface area contributed by atoms with Gasteiger partial charge in [0.05, 0.1) is 23.8 Å². The number of nitro groups is 1. The molecule has 2 N–H and O–H groups in total. The lowest BCUT2D eigenvalue weighted by atomic mass is 10.0. The molecule has 4 heterocycles. The summed E-state index contributed by atoms with van der Waals surface area (Å²) in [5, 5.41) is 11.8. The fraction of sp³-hybridized carbons (Fsp3) is 0.414. The number of anilines is 2. The van der Waals surface area contributed by atoms with Crippen LogP contribution in [0, 0.1) is 16.0 Å². The molecule has 11 heteroatoms. The molecule has 0 radical (unpaired) electrons. The number of nitrogen functional groups attached to an aromatic ring is 1. The zero-order valence-electron chi connectivity index (χ0n) is 22.4. The zero-order valence-corrected chi connectivity index (χ0v) is 22.4. The average Bonchev–Trinajstić information content (AvgIpc) is 3.48. The van der Waals surface area contributed by atoms with E-state index in [-0.39, 0.29) is 23.9 Å². The third-order valence-electron chi connectivity index (χ3n) is 7.41. The van der Waals surface area contributed by atoms with Crippen molar-refractivity contribution in [3.8, 4) is 17.1 Å². The Morgan fingerprint density at radius 2 is 1.95 bits per heavy atom. The van der Waals surface area contributed by atoms with Crippen LogP contribution in [0.5, 0.6) is 5.88 Å². The summed E-state index contributed by atoms with van der Waals surface area (Å²) >= 11 is 0. The molecule has 0 aliphatic carbocycles. The normalized spacial score (nSPS) is 16.1. The number of aromatic nitrogens is 2. The highest BCUT2D eigenvalue weighted by Crippen LogP contribution is 2.36. The maximum Gasteiger partial charge on any atom is 0.334 e. The molecule has 2 aliphatic rings. The van der Waals surface area contributed by atoms with E-state index in [9.17, 15) is 14.9 Å². The fourth-order valence-corrected chi connectivity index (χ4v) is 5.21. The summed E-state index contributed by atoms with van der Waals surface area (Å²) in [5.41, 5.74) is 9.31. The number of hydrogen-bond acceptors (Lipinski definition) is 9. The van der Waals surface area contributed by atoms with Crippen LogP contribution in [0.15, 0.2) is 48.7 Å². The van der Waals surface area contributed by atoms with Crippen LogP contribution in [0.3, 0.4) is 0 Å². The highest BCUT2D eigenvalue weighted by molar-refractivity contribution is 5.85. The predicted octanol–water partition coefficient (Wildman–Crippen LogP) is 4.20. The van der Waals surface area contributed by atoms with Crippen LogP contribution in [-0.2, 0) is 22.6 Å². The Morgan fingerprint density at radius 1 is 1.15 bits per heavy atom. The molecule has 0 spiro atoms. The van der Waals surface area contributed by atoms with Crippen LogP contribution in [-0.4, -0.2) is 59.1 Å². The van der Waals surface area contributed by atoms with Gasteiger partial charge in [0, 0.05) is 37.6 Å². The number of ether oxygens (including phenoxy) is 2. The lowest BCUT2D eigenvalue weighted by molar-refractivity contribution is -0.383. The third-order valence-corrected chi connectivity index (χ3v) is 7.41. The van der Waals surface area contributed by atoms with Gasteiger partial charge in [0.15, 0.2) is 0 Å². The molecule has 0 saturated carbocycles. The topological polar surface area (TPSA) is 137 Å². The van der Waals surface area contributed by atoms with Crippen molar-refractivity contribution in [3.63, 3.8) is 0 Å². The maximum absolute atomic E-state index is 12.1. The van der Waals surface area contributed by atoms with E-state index in [0.29, 0.717) is 37.7 Å². The van der Waals surface area contributed by atoms with E-state index in [1.54, 1.807) is 6.20 Å². The molecular weight excluding hydrogens is 512 g/mol. The van der Waals surface area contributed by atoms with Gasteiger partial charge in [0.1, 0.15) is 5.69 Å². The first-order valence-corrected chi connectivity index (χ1v) is 13.6. The molecule has 3 aromatic rings. The number of carbonyl (C=O) groups is 1. The van der Waals surface area contributed by atoms with Gasteiger partial charge in [0.25, 0.3) is 0 Å². The van der Waals surface area contributed by atoms with Gasteiger partial charge >= 0.3 is 5.69 Å². The number of benzene rings is 1. The number of likely N-dealkylation sites (tertiary alicyclic amines) is 1. The Bertz CT molecular complexity index is 1320. The quantitative estimate of drug-likeness (QED) is 0.213. The molecule has 0 atom stereocenters. The maximum atomic E-state index is 12.1. The van der Waals surface area contributed by atoms with Crippen LogP contribution in [0.2, 0.25) is 0 Å². The van der Waals surface area contributed by atoms with E-state index in [1.165, 1.54) is 29.4 Å². The van der Waals surface area contributed by atoms with Crippen molar-refractivity contribution in [1.82, 2.24) is 14.9 Å². The van der Waals surface area contributed by atoms with Gasteiger partial charge in [-0.1, -0.05) is 24.3 Å². The molecule has 2 aliphatic heterocycles. The molecular formula is C29H34N6O5. The Kier molecular flexibility index (Phi) is 8.82. The second-order valence-corrected chi connectivity index (χ2v) is 10.3. The molecule has 5 rings (SSSR count). The Hall–Kier alpha value is -4.09. The van der Waals surface area contributed by atoms with Gasteiger partial charge in [-0.15, -0.1) is 0 Å². The van der Waals surface area contributed by atoms with E-state index >= 15 is 0 Å². The summed E-state index contributed by atoms with van der Waals surface area (Å²) in [6.07, 6.45) is 6.45. The second-order valence-electron chi connectivity index (χ2n) is 10.3. The molecule has 2 aromatic heterocycles. The van der Waals surface area contributed by atoms with Gasteiger partial charge in [0.2, 0.25) is 18.1 Å². The lowest BCUT2D eigenvalue weighted by Gasteiger charge is -2.22. The van der Waals surface area contributed by atoms with E-state index in [1.807, 2.05) is 24.3 Å². The van der Waals surface area contributed by atoms with Crippen LogP contribution in [0.25, 0.3) is 11.3 Å². The number of nitrogens with two attached hydrogens (primary N) is 1. The average molecular weight is 547 g/mol.